The Morgan fingerprint density at radius 2 is 2.41 bits per heavy atom. The third-order valence-electron chi connectivity index (χ3n) is 2.94. The minimum Gasteiger partial charge on any atom is -0.368 e. The minimum atomic E-state index is -0.745. The normalized spacial score (nSPS) is 18.9. The van der Waals surface area contributed by atoms with E-state index in [0.29, 0.717) is 11.8 Å². The van der Waals surface area contributed by atoms with E-state index in [4.69, 9.17) is 5.73 Å². The Balaban J connectivity index is 2.01. The topological polar surface area (TPSA) is 98.7 Å². The fraction of sp³-hybridized carbons (Fsp3) is 0.778. The standard InChI is InChI=1S/C9H16N6OS/c1-9(11-2,7(10)16)5-17-8-12-13-14-15(8)6-3-4-6/h6,11H,3-5H2,1-2H3,(H2,10,16). The number of rotatable bonds is 6. The number of thioether (sulfide) groups is 1. The van der Waals surface area contributed by atoms with Gasteiger partial charge in [0.15, 0.2) is 0 Å². The smallest absolute Gasteiger partial charge is 0.238 e. The van der Waals surface area contributed by atoms with Crippen LogP contribution in [-0.2, 0) is 4.79 Å². The van der Waals surface area contributed by atoms with Gasteiger partial charge in [0, 0.05) is 5.75 Å². The molecule has 0 radical (unpaired) electrons. The average Bonchev–Trinajstić information content (AvgIpc) is 3.05. The molecule has 8 heteroatoms. The first-order valence-corrected chi connectivity index (χ1v) is 6.45. The van der Waals surface area contributed by atoms with Gasteiger partial charge in [-0.1, -0.05) is 11.8 Å². The van der Waals surface area contributed by atoms with Gasteiger partial charge in [-0.15, -0.1) is 5.10 Å². The third kappa shape index (κ3) is 2.58. The quantitative estimate of drug-likeness (QED) is 0.670. The molecule has 2 rings (SSSR count). The molecule has 3 N–H and O–H groups in total. The molecular weight excluding hydrogens is 240 g/mol. The summed E-state index contributed by atoms with van der Waals surface area (Å²) in [6.07, 6.45) is 2.25. The van der Waals surface area contributed by atoms with Gasteiger partial charge in [-0.2, -0.15) is 0 Å². The van der Waals surface area contributed by atoms with Crippen molar-refractivity contribution >= 4 is 17.7 Å². The van der Waals surface area contributed by atoms with Crippen LogP contribution in [-0.4, -0.2) is 44.5 Å². The predicted molar refractivity (Wildman–Crippen MR) is 63.5 cm³/mol. The highest BCUT2D eigenvalue weighted by Crippen LogP contribution is 2.36. The number of nitrogens with zero attached hydrogens (tertiary/aromatic N) is 4. The third-order valence-corrected chi connectivity index (χ3v) is 4.19. The van der Waals surface area contributed by atoms with Gasteiger partial charge in [0.05, 0.1) is 6.04 Å². The first kappa shape index (κ1) is 12.3. The Hall–Kier alpha value is -1.15. The van der Waals surface area contributed by atoms with Crippen LogP contribution < -0.4 is 11.1 Å². The van der Waals surface area contributed by atoms with Gasteiger partial charge in [0.1, 0.15) is 5.54 Å². The molecule has 1 saturated carbocycles. The van der Waals surface area contributed by atoms with Crippen molar-refractivity contribution in [2.45, 2.75) is 36.5 Å². The zero-order valence-electron chi connectivity index (χ0n) is 9.88. The molecule has 1 aliphatic rings. The van der Waals surface area contributed by atoms with E-state index in [1.54, 1.807) is 14.0 Å². The fourth-order valence-corrected chi connectivity index (χ4v) is 2.42. The molecule has 0 bridgehead atoms. The average molecular weight is 256 g/mol. The Kier molecular flexibility index (Phi) is 3.34. The fourth-order valence-electron chi connectivity index (χ4n) is 1.30. The number of tetrazole rings is 1. The van der Waals surface area contributed by atoms with E-state index in [-0.39, 0.29) is 5.91 Å². The number of hydrogen-bond donors (Lipinski definition) is 2. The van der Waals surface area contributed by atoms with Gasteiger partial charge >= 0.3 is 0 Å². The predicted octanol–water partition coefficient (Wildman–Crippen LogP) is -0.437. The first-order chi connectivity index (χ1) is 8.07. The molecule has 94 valence electrons. The molecule has 1 fully saturated rings. The van der Waals surface area contributed by atoms with E-state index in [1.165, 1.54) is 11.8 Å². The maximum atomic E-state index is 11.3. The van der Waals surface area contributed by atoms with Crippen molar-refractivity contribution in [2.75, 3.05) is 12.8 Å². The molecular formula is C9H16N6OS. The molecule has 1 amide bonds. The van der Waals surface area contributed by atoms with Crippen LogP contribution in [0.5, 0.6) is 0 Å². The molecule has 7 nitrogen and oxygen atoms in total. The summed E-state index contributed by atoms with van der Waals surface area (Å²) in [6, 6.07) is 0.432. The summed E-state index contributed by atoms with van der Waals surface area (Å²) in [6.45, 7) is 1.77. The molecule has 1 aliphatic carbocycles. The lowest BCUT2D eigenvalue weighted by Crippen LogP contribution is -2.53. The molecule has 1 atom stereocenters. The minimum absolute atomic E-state index is 0.377. The first-order valence-electron chi connectivity index (χ1n) is 5.46. The van der Waals surface area contributed by atoms with Crippen LogP contribution in [0.15, 0.2) is 5.16 Å². The zero-order valence-corrected chi connectivity index (χ0v) is 10.7. The van der Waals surface area contributed by atoms with Crippen LogP contribution in [0.4, 0.5) is 0 Å². The van der Waals surface area contributed by atoms with Crippen molar-refractivity contribution in [3.05, 3.63) is 0 Å². The summed E-state index contributed by atoms with van der Waals surface area (Å²) >= 11 is 1.45. The van der Waals surface area contributed by atoms with E-state index in [2.05, 4.69) is 20.8 Å². The summed E-state index contributed by atoms with van der Waals surface area (Å²) in [5.41, 5.74) is 4.61. The van der Waals surface area contributed by atoms with Crippen molar-refractivity contribution in [3.8, 4) is 0 Å². The molecule has 0 saturated heterocycles. The highest BCUT2D eigenvalue weighted by molar-refractivity contribution is 7.99. The Labute approximate surface area is 104 Å². The van der Waals surface area contributed by atoms with Gasteiger partial charge in [0.25, 0.3) is 0 Å². The zero-order chi connectivity index (χ0) is 12.5. The molecule has 1 unspecified atom stereocenters. The van der Waals surface area contributed by atoms with Gasteiger partial charge in [-0.3, -0.25) is 4.79 Å². The second-order valence-corrected chi connectivity index (χ2v) is 5.31. The van der Waals surface area contributed by atoms with E-state index in [1.807, 2.05) is 4.68 Å². The number of hydrogen-bond acceptors (Lipinski definition) is 6. The van der Waals surface area contributed by atoms with Crippen molar-refractivity contribution in [1.82, 2.24) is 25.5 Å². The maximum absolute atomic E-state index is 11.3. The number of carbonyl (C=O) groups is 1. The van der Waals surface area contributed by atoms with E-state index in [0.717, 1.165) is 18.0 Å². The van der Waals surface area contributed by atoms with Crippen molar-refractivity contribution in [2.24, 2.45) is 5.73 Å². The van der Waals surface area contributed by atoms with Gasteiger partial charge < -0.3 is 11.1 Å². The second-order valence-electron chi connectivity index (χ2n) is 4.37. The SMILES string of the molecule is CNC(C)(CSc1nnnn1C1CC1)C(N)=O. The molecule has 1 heterocycles. The Morgan fingerprint density at radius 3 is 2.94 bits per heavy atom. The van der Waals surface area contributed by atoms with Crippen LogP contribution in [0.2, 0.25) is 0 Å². The monoisotopic (exact) mass is 256 g/mol. The number of nitrogens with two attached hydrogens (primary N) is 1. The molecule has 0 aliphatic heterocycles. The summed E-state index contributed by atoms with van der Waals surface area (Å²) in [5, 5.41) is 15.2. The number of nitrogens with one attached hydrogen (secondary N) is 1. The summed E-state index contributed by atoms with van der Waals surface area (Å²) in [7, 11) is 1.72. The number of carbonyl (C=O) groups excluding carboxylic acids is 1. The molecule has 0 spiro atoms. The van der Waals surface area contributed by atoms with Gasteiger partial charge in [-0.25, -0.2) is 4.68 Å². The molecule has 17 heavy (non-hydrogen) atoms. The number of aromatic nitrogens is 4. The summed E-state index contributed by atoms with van der Waals surface area (Å²) in [4.78, 5) is 11.3. The van der Waals surface area contributed by atoms with Crippen LogP contribution in [0, 0.1) is 0 Å². The summed E-state index contributed by atoms with van der Waals surface area (Å²) in [5.74, 6) is 0.129. The molecule has 1 aromatic heterocycles. The summed E-state index contributed by atoms with van der Waals surface area (Å²) < 4.78 is 1.82. The van der Waals surface area contributed by atoms with Crippen LogP contribution in [0.25, 0.3) is 0 Å². The number of likely N-dealkylation sites (N-methyl/N-ethyl adjacent to an activating group) is 1. The highest BCUT2D eigenvalue weighted by Gasteiger charge is 2.32. The van der Waals surface area contributed by atoms with Crippen molar-refractivity contribution in [1.29, 1.82) is 0 Å². The van der Waals surface area contributed by atoms with E-state index in [9.17, 15) is 4.79 Å². The second kappa shape index (κ2) is 4.61. The number of amides is 1. The Morgan fingerprint density at radius 1 is 1.71 bits per heavy atom. The van der Waals surface area contributed by atoms with Crippen molar-refractivity contribution < 1.29 is 4.79 Å². The highest BCUT2D eigenvalue weighted by atomic mass is 32.2. The van der Waals surface area contributed by atoms with Crippen molar-refractivity contribution in [3.63, 3.8) is 0 Å². The largest absolute Gasteiger partial charge is 0.368 e. The molecule has 0 aromatic carbocycles. The Bertz CT molecular complexity index is 417. The van der Waals surface area contributed by atoms with Gasteiger partial charge in [0.2, 0.25) is 11.1 Å². The molecule has 1 aromatic rings. The number of primary amides is 1. The van der Waals surface area contributed by atoms with Crippen LogP contribution >= 0.6 is 11.8 Å². The lowest BCUT2D eigenvalue weighted by atomic mass is 10.1. The van der Waals surface area contributed by atoms with Gasteiger partial charge in [-0.05, 0) is 37.2 Å². The lowest BCUT2D eigenvalue weighted by Gasteiger charge is -2.24. The van der Waals surface area contributed by atoms with E-state index < -0.39 is 5.54 Å². The van der Waals surface area contributed by atoms with Crippen LogP contribution in [0.1, 0.15) is 25.8 Å². The van der Waals surface area contributed by atoms with E-state index >= 15 is 0 Å². The maximum Gasteiger partial charge on any atom is 0.238 e. The lowest BCUT2D eigenvalue weighted by molar-refractivity contribution is -0.122. The van der Waals surface area contributed by atoms with Crippen LogP contribution in [0.3, 0.4) is 0 Å².